The van der Waals surface area contributed by atoms with Crippen LogP contribution in [0.25, 0.3) is 11.7 Å². The highest BCUT2D eigenvalue weighted by Gasteiger charge is 2.12. The number of furan rings is 1. The number of aromatic nitrogens is 2. The van der Waals surface area contributed by atoms with Gasteiger partial charge in [-0.1, -0.05) is 35.4 Å². The number of carbonyl (C=O) groups is 1. The van der Waals surface area contributed by atoms with Crippen LogP contribution in [0.4, 0.5) is 10.8 Å². The molecule has 2 aromatic heterocycles. The number of nitrogens with one attached hydrogen (secondary N) is 2. The summed E-state index contributed by atoms with van der Waals surface area (Å²) in [6.07, 6.45) is 3.26. The van der Waals surface area contributed by atoms with Gasteiger partial charge in [0.2, 0.25) is 0 Å². The van der Waals surface area contributed by atoms with Crippen LogP contribution in [0.3, 0.4) is 0 Å². The minimum atomic E-state index is -0.382. The number of hydrogen-bond acceptors (Lipinski definition) is 5. The third kappa shape index (κ3) is 4.19. The van der Waals surface area contributed by atoms with Crippen LogP contribution in [0.1, 0.15) is 12.0 Å². The molecule has 7 heteroatoms. The fourth-order valence-electron chi connectivity index (χ4n) is 2.05. The van der Waals surface area contributed by atoms with E-state index in [0.29, 0.717) is 12.3 Å². The Balaban J connectivity index is 1.41. The quantitative estimate of drug-likeness (QED) is 0.682. The minimum Gasteiger partial charge on any atom is -0.459 e. The zero-order valence-corrected chi connectivity index (χ0v) is 12.4. The van der Waals surface area contributed by atoms with E-state index in [1.54, 1.807) is 12.1 Å². The first-order valence-corrected chi connectivity index (χ1v) is 7.27. The molecule has 0 spiro atoms. The Labute approximate surface area is 132 Å². The first-order chi connectivity index (χ1) is 11.3. The summed E-state index contributed by atoms with van der Waals surface area (Å²) in [5.74, 6) is 0.670. The van der Waals surface area contributed by atoms with E-state index in [1.165, 1.54) is 11.8 Å². The lowest BCUT2D eigenvalue weighted by molar-refractivity contribution is 0.251. The Kier molecular flexibility index (Phi) is 4.68. The number of rotatable bonds is 6. The van der Waals surface area contributed by atoms with Gasteiger partial charge < -0.3 is 14.2 Å². The summed E-state index contributed by atoms with van der Waals surface area (Å²) in [5.41, 5.74) is 1.25. The lowest BCUT2D eigenvalue weighted by Gasteiger charge is -2.04. The molecular formula is C16H16N4O3. The first-order valence-electron chi connectivity index (χ1n) is 7.27. The van der Waals surface area contributed by atoms with Crippen LogP contribution < -0.4 is 10.6 Å². The molecule has 0 saturated heterocycles. The van der Waals surface area contributed by atoms with Crippen molar-refractivity contribution in [1.29, 1.82) is 0 Å². The summed E-state index contributed by atoms with van der Waals surface area (Å²) in [6, 6.07) is 13.2. The average molecular weight is 312 g/mol. The van der Waals surface area contributed by atoms with Crippen molar-refractivity contribution in [1.82, 2.24) is 15.5 Å². The minimum absolute atomic E-state index is 0.0250. The molecule has 23 heavy (non-hydrogen) atoms. The molecule has 0 aliphatic heterocycles. The molecule has 0 atom stereocenters. The van der Waals surface area contributed by atoms with Crippen molar-refractivity contribution in [2.75, 3.05) is 11.9 Å². The molecule has 0 bridgehead atoms. The SMILES string of the molecule is O=C(NCCCc1ccccc1)Nc1nnc(-c2ccco2)o1. The highest BCUT2D eigenvalue weighted by molar-refractivity contribution is 5.86. The van der Waals surface area contributed by atoms with E-state index in [9.17, 15) is 4.79 Å². The summed E-state index contributed by atoms with van der Waals surface area (Å²) in [7, 11) is 0. The average Bonchev–Trinajstić information content (AvgIpc) is 3.24. The van der Waals surface area contributed by atoms with Gasteiger partial charge in [-0.05, 0) is 30.5 Å². The number of anilines is 1. The van der Waals surface area contributed by atoms with E-state index < -0.39 is 0 Å². The van der Waals surface area contributed by atoms with Crippen molar-refractivity contribution in [3.63, 3.8) is 0 Å². The second-order valence-corrected chi connectivity index (χ2v) is 4.86. The monoisotopic (exact) mass is 312 g/mol. The van der Waals surface area contributed by atoms with Crippen LogP contribution in [0.2, 0.25) is 0 Å². The van der Waals surface area contributed by atoms with Crippen LogP contribution in [0, 0.1) is 0 Å². The number of benzene rings is 1. The molecule has 2 amide bonds. The van der Waals surface area contributed by atoms with E-state index >= 15 is 0 Å². The molecule has 0 fully saturated rings. The van der Waals surface area contributed by atoms with Gasteiger partial charge in [0.25, 0.3) is 5.89 Å². The molecule has 0 saturated carbocycles. The van der Waals surface area contributed by atoms with Crippen LogP contribution in [-0.2, 0) is 6.42 Å². The molecule has 0 radical (unpaired) electrons. The van der Waals surface area contributed by atoms with Crippen molar-refractivity contribution >= 4 is 12.0 Å². The Morgan fingerprint density at radius 3 is 2.74 bits per heavy atom. The van der Waals surface area contributed by atoms with Crippen LogP contribution >= 0.6 is 0 Å². The van der Waals surface area contributed by atoms with Crippen LogP contribution in [0.15, 0.2) is 57.6 Å². The fourth-order valence-corrected chi connectivity index (χ4v) is 2.05. The Morgan fingerprint density at radius 1 is 1.09 bits per heavy atom. The molecule has 0 unspecified atom stereocenters. The van der Waals surface area contributed by atoms with E-state index in [4.69, 9.17) is 8.83 Å². The second-order valence-electron chi connectivity index (χ2n) is 4.86. The van der Waals surface area contributed by atoms with Crippen LogP contribution in [-0.4, -0.2) is 22.8 Å². The van der Waals surface area contributed by atoms with Gasteiger partial charge in [0.1, 0.15) is 0 Å². The fraction of sp³-hybridized carbons (Fsp3) is 0.188. The van der Waals surface area contributed by atoms with Crippen molar-refractivity contribution in [3.05, 3.63) is 54.3 Å². The van der Waals surface area contributed by atoms with E-state index in [2.05, 4.69) is 33.0 Å². The standard InChI is InChI=1S/C16H16N4O3/c21-15(17-10-4-8-12-6-2-1-3-7-12)18-16-20-19-14(23-16)13-9-5-11-22-13/h1-3,5-7,9,11H,4,8,10H2,(H2,17,18,20,21). The molecule has 0 aliphatic carbocycles. The maximum absolute atomic E-state index is 11.7. The van der Waals surface area contributed by atoms with Gasteiger partial charge in [0.15, 0.2) is 5.76 Å². The lowest BCUT2D eigenvalue weighted by atomic mass is 10.1. The van der Waals surface area contributed by atoms with Gasteiger partial charge in [-0.15, -0.1) is 5.10 Å². The molecule has 0 aliphatic rings. The molecule has 2 heterocycles. The Hall–Kier alpha value is -3.09. The van der Waals surface area contributed by atoms with Crippen molar-refractivity contribution < 1.29 is 13.6 Å². The number of aryl methyl sites for hydroxylation is 1. The number of amides is 2. The molecule has 2 N–H and O–H groups in total. The van der Waals surface area contributed by atoms with Gasteiger partial charge in [0, 0.05) is 6.54 Å². The summed E-state index contributed by atoms with van der Waals surface area (Å²) in [5, 5.41) is 12.8. The molecular weight excluding hydrogens is 296 g/mol. The van der Waals surface area contributed by atoms with Gasteiger partial charge in [0.05, 0.1) is 6.26 Å². The smallest absolute Gasteiger partial charge is 0.324 e. The van der Waals surface area contributed by atoms with Crippen molar-refractivity contribution in [3.8, 4) is 11.7 Å². The second kappa shape index (κ2) is 7.26. The lowest BCUT2D eigenvalue weighted by Crippen LogP contribution is -2.29. The third-order valence-corrected chi connectivity index (χ3v) is 3.15. The number of hydrogen-bond donors (Lipinski definition) is 2. The molecule has 3 aromatic rings. The first kappa shape index (κ1) is 14.8. The number of carbonyl (C=O) groups excluding carboxylic acids is 1. The summed E-state index contributed by atoms with van der Waals surface area (Å²) in [4.78, 5) is 11.7. The highest BCUT2D eigenvalue weighted by Crippen LogP contribution is 2.19. The maximum atomic E-state index is 11.7. The summed E-state index contributed by atoms with van der Waals surface area (Å²) >= 11 is 0. The van der Waals surface area contributed by atoms with Crippen molar-refractivity contribution in [2.45, 2.75) is 12.8 Å². The summed E-state index contributed by atoms with van der Waals surface area (Å²) < 4.78 is 10.4. The molecule has 3 rings (SSSR count). The highest BCUT2D eigenvalue weighted by atomic mass is 16.4. The molecule has 118 valence electrons. The zero-order valence-electron chi connectivity index (χ0n) is 12.4. The van der Waals surface area contributed by atoms with Gasteiger partial charge in [-0.3, -0.25) is 5.32 Å². The van der Waals surface area contributed by atoms with E-state index in [-0.39, 0.29) is 17.9 Å². The van der Waals surface area contributed by atoms with Gasteiger partial charge >= 0.3 is 12.0 Å². The van der Waals surface area contributed by atoms with Crippen molar-refractivity contribution in [2.24, 2.45) is 0 Å². The van der Waals surface area contributed by atoms with Gasteiger partial charge in [-0.2, -0.15) is 0 Å². The van der Waals surface area contributed by atoms with Gasteiger partial charge in [-0.25, -0.2) is 4.79 Å². The normalized spacial score (nSPS) is 10.4. The third-order valence-electron chi connectivity index (χ3n) is 3.15. The Morgan fingerprint density at radius 2 is 1.96 bits per heavy atom. The van der Waals surface area contributed by atoms with Crippen LogP contribution in [0.5, 0.6) is 0 Å². The largest absolute Gasteiger partial charge is 0.459 e. The topological polar surface area (TPSA) is 93.2 Å². The predicted octanol–water partition coefficient (Wildman–Crippen LogP) is 3.08. The zero-order chi connectivity index (χ0) is 15.9. The number of nitrogens with zero attached hydrogens (tertiary/aromatic N) is 2. The Bertz CT molecular complexity index is 738. The van der Waals surface area contributed by atoms with E-state index in [1.807, 2.05) is 18.2 Å². The molecule has 7 nitrogen and oxygen atoms in total. The van der Waals surface area contributed by atoms with E-state index in [0.717, 1.165) is 12.8 Å². The maximum Gasteiger partial charge on any atom is 0.324 e. The molecule has 1 aromatic carbocycles. The summed E-state index contributed by atoms with van der Waals surface area (Å²) in [6.45, 7) is 0.555. The number of urea groups is 1. The predicted molar refractivity (Wildman–Crippen MR) is 83.8 cm³/mol.